The molecule has 4 rings (SSSR count). The minimum atomic E-state index is -3.36. The number of aliphatic hydroxyl groups excluding tert-OH is 2. The Morgan fingerprint density at radius 1 is 1.19 bits per heavy atom. The van der Waals surface area contributed by atoms with E-state index in [1.165, 1.54) is 0 Å². The lowest BCUT2D eigenvalue weighted by Gasteiger charge is -2.12. The summed E-state index contributed by atoms with van der Waals surface area (Å²) in [6.07, 6.45) is 2.34. The molecule has 0 bridgehead atoms. The lowest BCUT2D eigenvalue weighted by molar-refractivity contribution is 0.0526. The summed E-state index contributed by atoms with van der Waals surface area (Å²) in [6.45, 7) is 3.01. The smallest absolute Gasteiger partial charge is 0.238 e. The zero-order chi connectivity index (χ0) is 22.2. The molecule has 0 amide bonds. The number of H-pyrrole nitrogens is 1. The number of sulfone groups is 1. The highest BCUT2D eigenvalue weighted by molar-refractivity contribution is 7.91. The first-order valence-corrected chi connectivity index (χ1v) is 11.5. The molecule has 3 N–H and O–H groups in total. The molecule has 4 aromatic rings. The quantitative estimate of drug-likeness (QED) is 0.402. The summed E-state index contributed by atoms with van der Waals surface area (Å²) in [4.78, 5) is 12.3. The van der Waals surface area contributed by atoms with E-state index in [-0.39, 0.29) is 23.1 Å². The molecule has 162 valence electrons. The lowest BCUT2D eigenvalue weighted by atomic mass is 10.0. The van der Waals surface area contributed by atoms with Crippen LogP contribution < -0.4 is 4.74 Å². The minimum absolute atomic E-state index is 0.0142. The van der Waals surface area contributed by atoms with Gasteiger partial charge in [-0.1, -0.05) is 19.1 Å². The standard InChI is InChI=1S/C22H23N3O5S/c1-3-31(28,29)16-6-4-5-14(8-16)18-10-24-22(30-12-15(27)11-26)20-19(18)17-7-13(2)9-23-21(17)25-20/h4-10,15,26-27H,3,11-12H2,1-2H3,(H,23,25)/t15-/m1/s1. The zero-order valence-corrected chi connectivity index (χ0v) is 18.0. The van der Waals surface area contributed by atoms with Gasteiger partial charge in [-0.25, -0.2) is 18.4 Å². The fourth-order valence-electron chi connectivity index (χ4n) is 3.45. The van der Waals surface area contributed by atoms with E-state index in [9.17, 15) is 13.5 Å². The second kappa shape index (κ2) is 8.26. The second-order valence-corrected chi connectivity index (χ2v) is 9.62. The van der Waals surface area contributed by atoms with Crippen LogP contribution in [0.5, 0.6) is 5.88 Å². The van der Waals surface area contributed by atoms with Crippen LogP contribution in [0.3, 0.4) is 0 Å². The molecule has 0 radical (unpaired) electrons. The molecule has 0 aliphatic heterocycles. The number of pyridine rings is 2. The van der Waals surface area contributed by atoms with Crippen LogP contribution in [0.1, 0.15) is 12.5 Å². The Morgan fingerprint density at radius 3 is 2.74 bits per heavy atom. The lowest BCUT2D eigenvalue weighted by Crippen LogP contribution is -2.21. The van der Waals surface area contributed by atoms with Crippen molar-refractivity contribution in [2.75, 3.05) is 19.0 Å². The third-order valence-corrected chi connectivity index (χ3v) is 6.82. The van der Waals surface area contributed by atoms with Crippen molar-refractivity contribution in [1.82, 2.24) is 15.0 Å². The zero-order valence-electron chi connectivity index (χ0n) is 17.2. The van der Waals surface area contributed by atoms with Gasteiger partial charge in [-0.3, -0.25) is 0 Å². The normalized spacial score (nSPS) is 13.0. The Bertz CT molecular complexity index is 1360. The summed E-state index contributed by atoms with van der Waals surface area (Å²) in [5.74, 6) is 0.277. The number of rotatable bonds is 7. The predicted octanol–water partition coefficient (Wildman–Crippen LogP) is 2.61. The second-order valence-electron chi connectivity index (χ2n) is 7.34. The van der Waals surface area contributed by atoms with Crippen molar-refractivity contribution in [3.05, 3.63) is 48.3 Å². The van der Waals surface area contributed by atoms with Gasteiger partial charge in [0.25, 0.3) is 0 Å². The van der Waals surface area contributed by atoms with Crippen LogP contribution in [-0.2, 0) is 9.84 Å². The predicted molar refractivity (Wildman–Crippen MR) is 118 cm³/mol. The van der Waals surface area contributed by atoms with Gasteiger partial charge in [0.1, 0.15) is 23.9 Å². The molecule has 0 fully saturated rings. The van der Waals surface area contributed by atoms with Crippen LogP contribution >= 0.6 is 0 Å². The highest BCUT2D eigenvalue weighted by atomic mass is 32.2. The summed E-state index contributed by atoms with van der Waals surface area (Å²) in [6, 6.07) is 8.77. The fourth-order valence-corrected chi connectivity index (χ4v) is 4.37. The average Bonchev–Trinajstić information content (AvgIpc) is 3.16. The summed E-state index contributed by atoms with van der Waals surface area (Å²) >= 11 is 0. The van der Waals surface area contributed by atoms with Gasteiger partial charge in [-0.05, 0) is 36.2 Å². The molecule has 3 aromatic heterocycles. The maximum absolute atomic E-state index is 12.4. The third-order valence-electron chi connectivity index (χ3n) is 5.09. The Hall–Kier alpha value is -3.01. The van der Waals surface area contributed by atoms with E-state index in [1.54, 1.807) is 37.5 Å². The van der Waals surface area contributed by atoms with Gasteiger partial charge in [-0.2, -0.15) is 0 Å². The number of aryl methyl sites for hydroxylation is 1. The Kier molecular flexibility index (Phi) is 5.65. The van der Waals surface area contributed by atoms with Gasteiger partial charge in [0.15, 0.2) is 9.84 Å². The Balaban J connectivity index is 1.95. The van der Waals surface area contributed by atoms with Gasteiger partial charge >= 0.3 is 0 Å². The largest absolute Gasteiger partial charge is 0.473 e. The van der Waals surface area contributed by atoms with Crippen molar-refractivity contribution in [3.8, 4) is 17.0 Å². The number of aromatic nitrogens is 3. The summed E-state index contributed by atoms with van der Waals surface area (Å²) in [5, 5.41) is 20.3. The number of fused-ring (bicyclic) bond motifs is 3. The van der Waals surface area contributed by atoms with Gasteiger partial charge in [-0.15, -0.1) is 0 Å². The van der Waals surface area contributed by atoms with E-state index in [4.69, 9.17) is 9.84 Å². The van der Waals surface area contributed by atoms with Crippen molar-refractivity contribution in [1.29, 1.82) is 0 Å². The number of aliphatic hydroxyl groups is 2. The monoisotopic (exact) mass is 441 g/mol. The van der Waals surface area contributed by atoms with Crippen molar-refractivity contribution >= 4 is 31.8 Å². The highest BCUT2D eigenvalue weighted by Gasteiger charge is 2.19. The van der Waals surface area contributed by atoms with Crippen LogP contribution in [0.2, 0.25) is 0 Å². The first-order valence-electron chi connectivity index (χ1n) is 9.86. The number of aromatic amines is 1. The molecule has 0 aliphatic carbocycles. The molecule has 0 saturated heterocycles. The number of hydrogen-bond donors (Lipinski definition) is 3. The average molecular weight is 442 g/mol. The minimum Gasteiger partial charge on any atom is -0.473 e. The molecule has 0 saturated carbocycles. The first-order chi connectivity index (χ1) is 14.8. The SMILES string of the molecule is CCS(=O)(=O)c1cccc(-c2cnc(OC[C@H](O)CO)c3[nH]c4ncc(C)cc4c23)c1. The Morgan fingerprint density at radius 2 is 2.00 bits per heavy atom. The van der Waals surface area contributed by atoms with Crippen molar-refractivity contribution in [2.24, 2.45) is 0 Å². The van der Waals surface area contributed by atoms with Crippen LogP contribution in [0.4, 0.5) is 0 Å². The molecule has 3 heterocycles. The third kappa shape index (κ3) is 3.99. The molecule has 0 spiro atoms. The van der Waals surface area contributed by atoms with Crippen LogP contribution in [0, 0.1) is 6.92 Å². The van der Waals surface area contributed by atoms with E-state index in [1.807, 2.05) is 19.1 Å². The Labute approximate surface area is 179 Å². The van der Waals surface area contributed by atoms with Crippen LogP contribution in [-0.4, -0.2) is 58.7 Å². The van der Waals surface area contributed by atoms with Crippen LogP contribution in [0.25, 0.3) is 33.1 Å². The molecule has 0 aliphatic rings. The number of benzene rings is 1. The van der Waals surface area contributed by atoms with Gasteiger partial charge in [0, 0.05) is 28.7 Å². The van der Waals surface area contributed by atoms with Crippen LogP contribution in [0.15, 0.2) is 47.6 Å². The molecule has 1 atom stereocenters. The number of nitrogens with zero attached hydrogens (tertiary/aromatic N) is 2. The number of hydrogen-bond acceptors (Lipinski definition) is 7. The molecule has 0 unspecified atom stereocenters. The summed E-state index contributed by atoms with van der Waals surface area (Å²) < 4.78 is 30.4. The van der Waals surface area contributed by atoms with Crippen molar-refractivity contribution in [3.63, 3.8) is 0 Å². The summed E-state index contributed by atoms with van der Waals surface area (Å²) in [5.41, 5.74) is 3.63. The maximum Gasteiger partial charge on any atom is 0.238 e. The topological polar surface area (TPSA) is 125 Å². The molecule has 8 nitrogen and oxygen atoms in total. The fraction of sp³-hybridized carbons (Fsp3) is 0.273. The molecule has 1 aromatic carbocycles. The first kappa shape index (κ1) is 21.2. The van der Waals surface area contributed by atoms with E-state index in [2.05, 4.69) is 15.0 Å². The highest BCUT2D eigenvalue weighted by Crippen LogP contribution is 2.38. The van der Waals surface area contributed by atoms with E-state index in [0.29, 0.717) is 16.7 Å². The van der Waals surface area contributed by atoms with Crippen molar-refractivity contribution in [2.45, 2.75) is 24.8 Å². The molecular weight excluding hydrogens is 418 g/mol. The van der Waals surface area contributed by atoms with Gasteiger partial charge in [0.05, 0.1) is 17.3 Å². The van der Waals surface area contributed by atoms with E-state index in [0.717, 1.165) is 21.9 Å². The van der Waals surface area contributed by atoms with E-state index < -0.39 is 22.5 Å². The van der Waals surface area contributed by atoms with Crippen molar-refractivity contribution < 1.29 is 23.4 Å². The van der Waals surface area contributed by atoms with Gasteiger partial charge < -0.3 is 19.9 Å². The number of ether oxygens (including phenoxy) is 1. The number of nitrogens with one attached hydrogen (secondary N) is 1. The molecule has 31 heavy (non-hydrogen) atoms. The maximum atomic E-state index is 12.4. The summed E-state index contributed by atoms with van der Waals surface area (Å²) in [7, 11) is -3.36. The van der Waals surface area contributed by atoms with E-state index >= 15 is 0 Å². The molecular formula is C22H23N3O5S. The van der Waals surface area contributed by atoms with Gasteiger partial charge in [0.2, 0.25) is 5.88 Å². The molecule has 9 heteroatoms.